The van der Waals surface area contributed by atoms with Crippen LogP contribution in [0.1, 0.15) is 25.5 Å². The van der Waals surface area contributed by atoms with Crippen LogP contribution in [0.2, 0.25) is 0 Å². The van der Waals surface area contributed by atoms with Crippen molar-refractivity contribution in [2.75, 3.05) is 13.2 Å². The van der Waals surface area contributed by atoms with Crippen molar-refractivity contribution in [3.05, 3.63) is 15.4 Å². The van der Waals surface area contributed by atoms with Crippen molar-refractivity contribution in [3.8, 4) is 0 Å². The van der Waals surface area contributed by atoms with Crippen molar-refractivity contribution in [2.45, 2.75) is 36.4 Å². The number of hydrogen-bond acceptors (Lipinski definition) is 5. The summed E-state index contributed by atoms with van der Waals surface area (Å²) in [6.45, 7) is 4.40. The summed E-state index contributed by atoms with van der Waals surface area (Å²) >= 11 is 0.706. The highest BCUT2D eigenvalue weighted by molar-refractivity contribution is 7.91. The quantitative estimate of drug-likeness (QED) is 0.853. The summed E-state index contributed by atoms with van der Waals surface area (Å²) in [5.74, 6) is 0. The SMILES string of the molecule is Cc1[nH]c(=O)sc1S(=O)(=O)NC1(C)CCCOC1. The topological polar surface area (TPSA) is 88.3 Å². The monoisotopic (exact) mass is 292 g/mol. The molecule has 6 nitrogen and oxygen atoms in total. The zero-order valence-electron chi connectivity index (χ0n) is 10.3. The van der Waals surface area contributed by atoms with Gasteiger partial charge < -0.3 is 9.72 Å². The molecule has 1 aromatic rings. The van der Waals surface area contributed by atoms with E-state index in [1.807, 2.05) is 6.92 Å². The number of nitrogens with one attached hydrogen (secondary N) is 2. The Hall–Kier alpha value is -0.700. The molecule has 8 heteroatoms. The van der Waals surface area contributed by atoms with E-state index in [2.05, 4.69) is 9.71 Å². The fraction of sp³-hybridized carbons (Fsp3) is 0.700. The van der Waals surface area contributed by atoms with Gasteiger partial charge in [-0.2, -0.15) is 0 Å². The van der Waals surface area contributed by atoms with Gasteiger partial charge in [-0.25, -0.2) is 13.1 Å². The van der Waals surface area contributed by atoms with Crippen LogP contribution in [0.25, 0.3) is 0 Å². The molecule has 1 fully saturated rings. The first-order chi connectivity index (χ1) is 8.32. The number of aromatic amines is 1. The van der Waals surface area contributed by atoms with Gasteiger partial charge in [-0.1, -0.05) is 11.3 Å². The molecule has 0 aliphatic carbocycles. The number of hydrogen-bond donors (Lipinski definition) is 2. The van der Waals surface area contributed by atoms with Gasteiger partial charge in [0.15, 0.2) is 4.21 Å². The zero-order valence-corrected chi connectivity index (χ0v) is 11.9. The van der Waals surface area contributed by atoms with Gasteiger partial charge in [0, 0.05) is 12.3 Å². The van der Waals surface area contributed by atoms with E-state index in [0.717, 1.165) is 12.8 Å². The average Bonchev–Trinajstić information content (AvgIpc) is 2.58. The van der Waals surface area contributed by atoms with Crippen molar-refractivity contribution in [1.29, 1.82) is 0 Å². The van der Waals surface area contributed by atoms with E-state index in [9.17, 15) is 13.2 Å². The Morgan fingerprint density at radius 1 is 1.50 bits per heavy atom. The van der Waals surface area contributed by atoms with Crippen LogP contribution in [0.3, 0.4) is 0 Å². The minimum Gasteiger partial charge on any atom is -0.380 e. The number of thiazole rings is 1. The molecule has 0 radical (unpaired) electrons. The van der Waals surface area contributed by atoms with Crippen molar-refractivity contribution < 1.29 is 13.2 Å². The predicted molar refractivity (Wildman–Crippen MR) is 68.5 cm³/mol. The number of aryl methyl sites for hydroxylation is 1. The molecular weight excluding hydrogens is 276 g/mol. The maximum absolute atomic E-state index is 12.2. The number of aromatic nitrogens is 1. The maximum atomic E-state index is 12.2. The second-order valence-electron chi connectivity index (χ2n) is 4.75. The van der Waals surface area contributed by atoms with Gasteiger partial charge in [0.05, 0.1) is 12.1 Å². The van der Waals surface area contributed by atoms with Crippen LogP contribution in [0, 0.1) is 6.92 Å². The first-order valence-corrected chi connectivity index (χ1v) is 7.94. The Balaban J connectivity index is 2.27. The van der Waals surface area contributed by atoms with Gasteiger partial charge in [0.25, 0.3) is 10.0 Å². The summed E-state index contributed by atoms with van der Waals surface area (Å²) in [4.78, 5) is 13.3. The molecular formula is C10H16N2O4S2. The number of ether oxygens (including phenoxy) is 1. The molecule has 0 bridgehead atoms. The lowest BCUT2D eigenvalue weighted by atomic mass is 9.97. The Labute approximate surface area is 109 Å². The smallest absolute Gasteiger partial charge is 0.305 e. The molecule has 0 saturated carbocycles. The highest BCUT2D eigenvalue weighted by Crippen LogP contribution is 2.23. The third-order valence-corrected chi connectivity index (χ3v) is 6.09. The fourth-order valence-electron chi connectivity index (χ4n) is 2.03. The zero-order chi connectivity index (χ0) is 13.4. The van der Waals surface area contributed by atoms with Crippen LogP contribution in [0.15, 0.2) is 9.00 Å². The molecule has 1 aliphatic heterocycles. The minimum absolute atomic E-state index is 0.0549. The molecule has 1 saturated heterocycles. The lowest BCUT2D eigenvalue weighted by molar-refractivity contribution is 0.0387. The van der Waals surface area contributed by atoms with Gasteiger partial charge in [0.2, 0.25) is 0 Å². The van der Waals surface area contributed by atoms with Crippen LogP contribution in [-0.4, -0.2) is 32.2 Å². The van der Waals surface area contributed by atoms with Crippen LogP contribution < -0.4 is 9.60 Å². The lowest BCUT2D eigenvalue weighted by Crippen LogP contribution is -2.51. The van der Waals surface area contributed by atoms with Crippen LogP contribution >= 0.6 is 11.3 Å². The third kappa shape index (κ3) is 2.82. The molecule has 2 N–H and O–H groups in total. The summed E-state index contributed by atoms with van der Waals surface area (Å²) in [5.41, 5.74) is -0.228. The van der Waals surface area contributed by atoms with E-state index in [1.165, 1.54) is 0 Å². The van der Waals surface area contributed by atoms with Gasteiger partial charge in [-0.15, -0.1) is 0 Å². The van der Waals surface area contributed by atoms with Gasteiger partial charge in [-0.3, -0.25) is 4.79 Å². The summed E-state index contributed by atoms with van der Waals surface area (Å²) < 4.78 is 32.5. The summed E-state index contributed by atoms with van der Waals surface area (Å²) in [6, 6.07) is 0. The Morgan fingerprint density at radius 3 is 2.72 bits per heavy atom. The first-order valence-electron chi connectivity index (χ1n) is 5.64. The molecule has 1 aliphatic rings. The average molecular weight is 292 g/mol. The molecule has 18 heavy (non-hydrogen) atoms. The molecule has 0 aromatic carbocycles. The first kappa shape index (κ1) is 13.7. The molecule has 0 spiro atoms. The predicted octanol–water partition coefficient (Wildman–Crippen LogP) is 0.592. The van der Waals surface area contributed by atoms with E-state index in [0.29, 0.717) is 30.2 Å². The lowest BCUT2D eigenvalue weighted by Gasteiger charge is -2.33. The molecule has 0 amide bonds. The second-order valence-corrected chi connectivity index (χ2v) is 7.61. The number of H-pyrrole nitrogens is 1. The van der Waals surface area contributed by atoms with Crippen molar-refractivity contribution in [2.24, 2.45) is 0 Å². The van der Waals surface area contributed by atoms with Gasteiger partial charge in [-0.05, 0) is 26.7 Å². The van der Waals surface area contributed by atoms with Gasteiger partial charge in [0.1, 0.15) is 0 Å². The Morgan fingerprint density at radius 2 is 2.22 bits per heavy atom. The highest BCUT2D eigenvalue weighted by Gasteiger charge is 2.34. The molecule has 102 valence electrons. The molecule has 1 unspecified atom stereocenters. The maximum Gasteiger partial charge on any atom is 0.305 e. The van der Waals surface area contributed by atoms with Crippen molar-refractivity contribution in [3.63, 3.8) is 0 Å². The standard InChI is InChI=1S/C10H16N2O4S2/c1-7-8(17-9(13)11-7)18(14,15)12-10(2)4-3-5-16-6-10/h12H,3-6H2,1-2H3,(H,11,13). The summed E-state index contributed by atoms with van der Waals surface area (Å²) in [7, 11) is -3.67. The molecule has 1 atom stereocenters. The van der Waals surface area contributed by atoms with Crippen LogP contribution in [0.4, 0.5) is 0 Å². The molecule has 2 heterocycles. The van der Waals surface area contributed by atoms with Gasteiger partial charge >= 0.3 is 4.87 Å². The largest absolute Gasteiger partial charge is 0.380 e. The van der Waals surface area contributed by atoms with E-state index in [-0.39, 0.29) is 9.08 Å². The van der Waals surface area contributed by atoms with E-state index in [4.69, 9.17) is 4.74 Å². The normalized spacial score (nSPS) is 25.2. The van der Waals surface area contributed by atoms with Crippen LogP contribution in [0.5, 0.6) is 0 Å². The van der Waals surface area contributed by atoms with E-state index >= 15 is 0 Å². The second kappa shape index (κ2) is 4.76. The van der Waals surface area contributed by atoms with E-state index in [1.54, 1.807) is 6.92 Å². The third-order valence-electron chi connectivity index (χ3n) is 2.84. The highest BCUT2D eigenvalue weighted by atomic mass is 32.2. The minimum atomic E-state index is -3.67. The van der Waals surface area contributed by atoms with Crippen molar-refractivity contribution in [1.82, 2.24) is 9.71 Å². The van der Waals surface area contributed by atoms with E-state index < -0.39 is 15.6 Å². The number of sulfonamides is 1. The Kier molecular flexibility index (Phi) is 3.63. The summed E-state index contributed by atoms with van der Waals surface area (Å²) in [5, 5.41) is 0. The summed E-state index contributed by atoms with van der Waals surface area (Å²) in [6.07, 6.45) is 1.55. The van der Waals surface area contributed by atoms with Crippen LogP contribution in [-0.2, 0) is 14.8 Å². The number of rotatable bonds is 3. The fourth-order valence-corrected chi connectivity index (χ4v) is 4.76. The molecule has 2 rings (SSSR count). The molecule has 1 aromatic heterocycles. The Bertz CT molecular complexity index is 581. The van der Waals surface area contributed by atoms with Crippen molar-refractivity contribution >= 4 is 21.4 Å².